The number of allylic oxidation sites excluding steroid dienone is 1. The van der Waals surface area contributed by atoms with E-state index in [9.17, 15) is 9.59 Å². The number of carbonyl (C=O) groups is 2. The van der Waals surface area contributed by atoms with Crippen molar-refractivity contribution in [2.24, 2.45) is 5.10 Å². The van der Waals surface area contributed by atoms with Crippen LogP contribution >= 0.6 is 23.5 Å². The summed E-state index contributed by atoms with van der Waals surface area (Å²) < 4.78 is 8.88. The SMILES string of the molecule is COC(=O)C1=NN(c2ccccc2)[C@@]2(S1)SC(C(=O)OC)=C(C)N2C. The number of thioether (sulfide) groups is 2. The van der Waals surface area contributed by atoms with Crippen molar-refractivity contribution in [3.05, 3.63) is 40.9 Å². The lowest BCUT2D eigenvalue weighted by atomic mass is 10.3. The van der Waals surface area contributed by atoms with E-state index in [1.807, 2.05) is 49.2 Å². The van der Waals surface area contributed by atoms with Crippen LogP contribution in [0.15, 0.2) is 46.0 Å². The van der Waals surface area contributed by atoms with Crippen LogP contribution in [0.5, 0.6) is 0 Å². The van der Waals surface area contributed by atoms with Gasteiger partial charge in [-0.15, -0.1) is 0 Å². The predicted molar refractivity (Wildman–Crippen MR) is 98.8 cm³/mol. The second kappa shape index (κ2) is 6.64. The molecule has 1 aromatic carbocycles. The number of methoxy groups -OCH3 is 2. The molecule has 3 rings (SSSR count). The van der Waals surface area contributed by atoms with Gasteiger partial charge in [-0.1, -0.05) is 30.0 Å². The molecule has 1 aromatic rings. The molecule has 2 aliphatic heterocycles. The van der Waals surface area contributed by atoms with Crippen molar-refractivity contribution in [3.63, 3.8) is 0 Å². The minimum Gasteiger partial charge on any atom is -0.465 e. The number of rotatable bonds is 3. The summed E-state index contributed by atoms with van der Waals surface area (Å²) in [6, 6.07) is 9.47. The van der Waals surface area contributed by atoms with Gasteiger partial charge in [0.2, 0.25) is 9.37 Å². The Morgan fingerprint density at radius 2 is 1.72 bits per heavy atom. The number of ether oxygens (including phenoxy) is 2. The highest BCUT2D eigenvalue weighted by atomic mass is 32.2. The van der Waals surface area contributed by atoms with Gasteiger partial charge in [-0.25, -0.2) is 14.6 Å². The molecule has 1 atom stereocenters. The van der Waals surface area contributed by atoms with Crippen molar-refractivity contribution in [1.29, 1.82) is 0 Å². The van der Waals surface area contributed by atoms with E-state index < -0.39 is 16.3 Å². The van der Waals surface area contributed by atoms with E-state index in [1.54, 1.807) is 5.01 Å². The van der Waals surface area contributed by atoms with Gasteiger partial charge in [0, 0.05) is 12.7 Å². The van der Waals surface area contributed by atoms with Crippen molar-refractivity contribution in [2.75, 3.05) is 26.3 Å². The van der Waals surface area contributed by atoms with Crippen LogP contribution < -0.4 is 5.01 Å². The van der Waals surface area contributed by atoms with Gasteiger partial charge in [0.25, 0.3) is 0 Å². The molecular formula is C16H17N3O4S2. The van der Waals surface area contributed by atoms with Crippen LogP contribution in [-0.2, 0) is 19.1 Å². The normalized spacial score (nSPS) is 22.5. The molecule has 2 heterocycles. The Bertz CT molecular complexity index is 781. The second-order valence-electron chi connectivity index (χ2n) is 5.26. The van der Waals surface area contributed by atoms with Gasteiger partial charge < -0.3 is 14.4 Å². The largest absolute Gasteiger partial charge is 0.465 e. The van der Waals surface area contributed by atoms with Crippen LogP contribution in [0.1, 0.15) is 6.92 Å². The van der Waals surface area contributed by atoms with Crippen molar-refractivity contribution in [2.45, 2.75) is 11.3 Å². The average molecular weight is 379 g/mol. The zero-order valence-electron chi connectivity index (χ0n) is 14.2. The van der Waals surface area contributed by atoms with Gasteiger partial charge in [-0.2, -0.15) is 5.10 Å². The van der Waals surface area contributed by atoms with Crippen molar-refractivity contribution in [3.8, 4) is 0 Å². The smallest absolute Gasteiger partial charge is 0.365 e. The first-order valence-corrected chi connectivity index (χ1v) is 9.01. The summed E-state index contributed by atoms with van der Waals surface area (Å²) in [6.07, 6.45) is 0. The molecule has 0 unspecified atom stereocenters. The van der Waals surface area contributed by atoms with E-state index in [4.69, 9.17) is 9.47 Å². The van der Waals surface area contributed by atoms with E-state index in [0.717, 1.165) is 11.4 Å². The molecular weight excluding hydrogens is 362 g/mol. The molecule has 25 heavy (non-hydrogen) atoms. The zero-order chi connectivity index (χ0) is 18.2. The lowest BCUT2D eigenvalue weighted by molar-refractivity contribution is -0.135. The van der Waals surface area contributed by atoms with E-state index >= 15 is 0 Å². The van der Waals surface area contributed by atoms with Gasteiger partial charge >= 0.3 is 11.9 Å². The topological polar surface area (TPSA) is 71.4 Å². The number of para-hydroxylation sites is 1. The Hall–Kier alpha value is -2.13. The molecule has 1 spiro atoms. The van der Waals surface area contributed by atoms with Crippen LogP contribution in [0, 0.1) is 0 Å². The highest BCUT2D eigenvalue weighted by molar-refractivity contribution is 8.28. The average Bonchev–Trinajstić information content (AvgIpc) is 3.15. The van der Waals surface area contributed by atoms with E-state index in [0.29, 0.717) is 4.91 Å². The van der Waals surface area contributed by atoms with Crippen LogP contribution in [0.4, 0.5) is 5.69 Å². The molecule has 132 valence electrons. The summed E-state index contributed by atoms with van der Waals surface area (Å²) in [7, 11) is 4.52. The monoisotopic (exact) mass is 379 g/mol. The Morgan fingerprint density at radius 1 is 1.08 bits per heavy atom. The van der Waals surface area contributed by atoms with E-state index in [-0.39, 0.29) is 5.04 Å². The molecule has 0 aromatic heterocycles. The van der Waals surface area contributed by atoms with Crippen LogP contribution in [-0.4, -0.2) is 47.5 Å². The fraction of sp³-hybridized carbons (Fsp3) is 0.312. The molecule has 9 heteroatoms. The van der Waals surface area contributed by atoms with Gasteiger partial charge in [-0.3, -0.25) is 0 Å². The maximum atomic E-state index is 12.1. The lowest BCUT2D eigenvalue weighted by Crippen LogP contribution is -2.47. The number of carbonyl (C=O) groups excluding carboxylic acids is 2. The number of hydrogen-bond donors (Lipinski definition) is 0. The number of hydrazone groups is 1. The zero-order valence-corrected chi connectivity index (χ0v) is 15.8. The first kappa shape index (κ1) is 17.7. The maximum Gasteiger partial charge on any atom is 0.365 e. The number of nitrogens with zero attached hydrogens (tertiary/aromatic N) is 3. The highest BCUT2D eigenvalue weighted by Crippen LogP contribution is 2.58. The van der Waals surface area contributed by atoms with E-state index in [2.05, 4.69) is 5.10 Å². The highest BCUT2D eigenvalue weighted by Gasteiger charge is 2.56. The summed E-state index contributed by atoms with van der Waals surface area (Å²) in [5, 5.41) is 6.42. The minimum absolute atomic E-state index is 0.226. The Morgan fingerprint density at radius 3 is 2.32 bits per heavy atom. The molecule has 0 fully saturated rings. The molecule has 7 nitrogen and oxygen atoms in total. The number of hydrogen-bond acceptors (Lipinski definition) is 9. The number of esters is 2. The lowest BCUT2D eigenvalue weighted by Gasteiger charge is -2.39. The molecule has 0 N–H and O–H groups in total. The summed E-state index contributed by atoms with van der Waals surface area (Å²) >= 11 is 2.54. The summed E-state index contributed by atoms with van der Waals surface area (Å²) in [5.74, 6) is -0.924. The fourth-order valence-corrected chi connectivity index (χ4v) is 5.42. The van der Waals surface area contributed by atoms with Crippen LogP contribution in [0.2, 0.25) is 0 Å². The summed E-state index contributed by atoms with van der Waals surface area (Å²) in [4.78, 5) is 26.6. The third-order valence-corrected chi connectivity index (χ3v) is 6.94. The quantitative estimate of drug-likeness (QED) is 0.742. The van der Waals surface area contributed by atoms with Gasteiger partial charge in [0.05, 0.1) is 19.9 Å². The van der Waals surface area contributed by atoms with Crippen molar-refractivity contribution in [1.82, 2.24) is 4.90 Å². The summed E-state index contributed by atoms with van der Waals surface area (Å²) in [5.41, 5.74) is 1.55. The van der Waals surface area contributed by atoms with Gasteiger partial charge in [0.15, 0.2) is 0 Å². The second-order valence-corrected chi connectivity index (χ2v) is 7.86. The molecule has 0 amide bonds. The third kappa shape index (κ3) is 2.77. The first-order chi connectivity index (χ1) is 11.9. The Kier molecular flexibility index (Phi) is 4.70. The van der Waals surface area contributed by atoms with Gasteiger partial charge in [0.1, 0.15) is 4.91 Å². The van der Waals surface area contributed by atoms with Gasteiger partial charge in [-0.05, 0) is 30.8 Å². The molecule has 0 saturated carbocycles. The molecule has 0 aliphatic carbocycles. The van der Waals surface area contributed by atoms with Crippen molar-refractivity contribution >= 4 is 46.2 Å². The summed E-state index contributed by atoms with van der Waals surface area (Å²) in [6.45, 7) is 1.84. The predicted octanol–water partition coefficient (Wildman–Crippen LogP) is 2.42. The van der Waals surface area contributed by atoms with E-state index in [1.165, 1.54) is 37.7 Å². The fourth-order valence-electron chi connectivity index (χ4n) is 2.50. The minimum atomic E-state index is -0.835. The van der Waals surface area contributed by atoms with Crippen LogP contribution in [0.3, 0.4) is 0 Å². The number of benzene rings is 1. The Balaban J connectivity index is 2.06. The molecule has 0 saturated heterocycles. The first-order valence-electron chi connectivity index (χ1n) is 7.38. The van der Waals surface area contributed by atoms with Crippen molar-refractivity contribution < 1.29 is 19.1 Å². The molecule has 0 radical (unpaired) electrons. The standard InChI is InChI=1S/C16H17N3O4S2/c1-10-12(14(20)22-3)24-16(18(10)2)19(11-8-6-5-7-9-11)17-13(25-16)15(21)23-4/h5-9H,1-4H3/t16-/m1/s1. The Labute approximate surface area is 154 Å². The number of anilines is 1. The third-order valence-electron chi connectivity index (χ3n) is 3.91. The molecule has 0 bridgehead atoms. The maximum absolute atomic E-state index is 12.1. The molecule has 2 aliphatic rings. The van der Waals surface area contributed by atoms with Crippen LogP contribution in [0.25, 0.3) is 0 Å².